The Hall–Kier alpha value is -2.67. The van der Waals surface area contributed by atoms with Crippen LogP contribution in [0.4, 0.5) is 0 Å². The number of rotatable bonds is 1. The van der Waals surface area contributed by atoms with Gasteiger partial charge < -0.3 is 0 Å². The van der Waals surface area contributed by atoms with E-state index in [1.54, 1.807) is 0 Å². The summed E-state index contributed by atoms with van der Waals surface area (Å²) in [5, 5.41) is 4.88. The van der Waals surface area contributed by atoms with E-state index >= 15 is 0 Å². The highest BCUT2D eigenvalue weighted by Gasteiger charge is 2.09. The Balaban J connectivity index is 2.21. The van der Waals surface area contributed by atoms with Crippen LogP contribution in [0.2, 0.25) is 0 Å². The van der Waals surface area contributed by atoms with E-state index in [1.807, 2.05) is 60.7 Å². The van der Waals surface area contributed by atoms with E-state index in [0.717, 1.165) is 32.3 Å². The minimum Gasteiger partial charge on any atom is -0.289 e. The molecule has 0 heterocycles. The van der Waals surface area contributed by atoms with E-state index in [-0.39, 0.29) is 5.43 Å². The largest absolute Gasteiger partial charge is 0.289 e. The van der Waals surface area contributed by atoms with Crippen molar-refractivity contribution >= 4 is 27.6 Å². The fourth-order valence-electron chi connectivity index (χ4n) is 2.88. The maximum absolute atomic E-state index is 12.6. The summed E-state index contributed by atoms with van der Waals surface area (Å²) in [5.41, 5.74) is 1.18. The summed E-state index contributed by atoms with van der Waals surface area (Å²) < 4.78 is 0. The molecular formula is C19H12O. The van der Waals surface area contributed by atoms with Gasteiger partial charge in [-0.2, -0.15) is 0 Å². The van der Waals surface area contributed by atoms with Crippen molar-refractivity contribution in [2.45, 2.75) is 0 Å². The van der Waals surface area contributed by atoms with Crippen LogP contribution in [0.5, 0.6) is 0 Å². The van der Waals surface area contributed by atoms with Crippen LogP contribution in [-0.4, -0.2) is 0 Å². The first kappa shape index (κ1) is 11.2. The summed E-state index contributed by atoms with van der Waals surface area (Å²) in [6, 6.07) is 22.0. The molecule has 0 atom stereocenters. The second-order valence-corrected chi connectivity index (χ2v) is 5.01. The molecule has 0 saturated carbocycles. The SMILES string of the molecule is O=c1/c(=C/c2ccccc2)c2cccc3cccc1c32. The number of hydrogen-bond donors (Lipinski definition) is 0. The summed E-state index contributed by atoms with van der Waals surface area (Å²) in [4.78, 5) is 12.6. The van der Waals surface area contributed by atoms with Gasteiger partial charge in [0.25, 0.3) is 0 Å². The van der Waals surface area contributed by atoms with E-state index < -0.39 is 0 Å². The van der Waals surface area contributed by atoms with Crippen LogP contribution in [0.3, 0.4) is 0 Å². The molecule has 4 aromatic carbocycles. The van der Waals surface area contributed by atoms with Crippen LogP contribution in [0.15, 0.2) is 71.5 Å². The fourth-order valence-corrected chi connectivity index (χ4v) is 2.88. The van der Waals surface area contributed by atoms with Gasteiger partial charge in [0.2, 0.25) is 0 Å². The molecule has 0 aliphatic carbocycles. The van der Waals surface area contributed by atoms with Crippen molar-refractivity contribution in [3.05, 3.63) is 87.7 Å². The van der Waals surface area contributed by atoms with Gasteiger partial charge in [0.05, 0.1) is 0 Å². The molecule has 1 heteroatoms. The van der Waals surface area contributed by atoms with Crippen molar-refractivity contribution in [3.8, 4) is 0 Å². The van der Waals surface area contributed by atoms with Crippen LogP contribution >= 0.6 is 0 Å². The second kappa shape index (κ2) is 4.17. The predicted molar refractivity (Wildman–Crippen MR) is 84.1 cm³/mol. The zero-order chi connectivity index (χ0) is 13.5. The van der Waals surface area contributed by atoms with Gasteiger partial charge in [-0.05, 0) is 22.4 Å². The number of benzene rings is 3. The van der Waals surface area contributed by atoms with E-state index in [1.165, 1.54) is 0 Å². The van der Waals surface area contributed by atoms with Crippen molar-refractivity contribution in [3.63, 3.8) is 0 Å². The molecule has 0 aromatic heterocycles. The molecule has 0 saturated heterocycles. The first-order valence-electron chi connectivity index (χ1n) is 6.68. The monoisotopic (exact) mass is 256 g/mol. The Morgan fingerprint density at radius 2 is 1.40 bits per heavy atom. The number of hydrogen-bond acceptors (Lipinski definition) is 1. The molecule has 0 amide bonds. The van der Waals surface area contributed by atoms with Crippen LogP contribution in [0.25, 0.3) is 27.6 Å². The summed E-state index contributed by atoms with van der Waals surface area (Å²) >= 11 is 0. The lowest BCUT2D eigenvalue weighted by Gasteiger charge is -1.96. The Kier molecular flexibility index (Phi) is 2.33. The molecule has 1 nitrogen and oxygen atoms in total. The normalized spacial score (nSPS) is 12.5. The fraction of sp³-hybridized carbons (Fsp3) is 0. The summed E-state index contributed by atoms with van der Waals surface area (Å²) in [6.45, 7) is 0. The van der Waals surface area contributed by atoms with Crippen LogP contribution in [-0.2, 0) is 0 Å². The zero-order valence-electron chi connectivity index (χ0n) is 10.8. The molecule has 4 aromatic rings. The molecule has 0 spiro atoms. The van der Waals surface area contributed by atoms with Crippen molar-refractivity contribution < 1.29 is 0 Å². The highest BCUT2D eigenvalue weighted by molar-refractivity contribution is 6.12. The standard InChI is InChI=1S/C19H12O/c20-19-16-11-5-9-14-8-4-10-15(18(14)16)17(19)12-13-6-2-1-3-7-13/h1-12H/b17-12+. The lowest BCUT2D eigenvalue weighted by Crippen LogP contribution is -2.19. The minimum absolute atomic E-state index is 0.126. The lowest BCUT2D eigenvalue weighted by atomic mass is 10.1. The van der Waals surface area contributed by atoms with E-state index in [4.69, 9.17) is 0 Å². The van der Waals surface area contributed by atoms with Crippen molar-refractivity contribution in [2.75, 3.05) is 0 Å². The van der Waals surface area contributed by atoms with Crippen LogP contribution in [0, 0.1) is 0 Å². The van der Waals surface area contributed by atoms with Gasteiger partial charge in [0.15, 0.2) is 5.43 Å². The summed E-state index contributed by atoms with van der Waals surface area (Å²) in [7, 11) is 0. The van der Waals surface area contributed by atoms with Gasteiger partial charge in [-0.25, -0.2) is 0 Å². The first-order valence-corrected chi connectivity index (χ1v) is 6.68. The smallest absolute Gasteiger partial charge is 0.194 e. The Morgan fingerprint density at radius 1 is 0.700 bits per heavy atom. The lowest BCUT2D eigenvalue weighted by molar-refractivity contribution is 1.62. The van der Waals surface area contributed by atoms with Gasteiger partial charge in [0.1, 0.15) is 0 Å². The summed E-state index contributed by atoms with van der Waals surface area (Å²) in [5.74, 6) is 0. The van der Waals surface area contributed by atoms with Crippen molar-refractivity contribution in [1.29, 1.82) is 0 Å². The summed E-state index contributed by atoms with van der Waals surface area (Å²) in [6.07, 6.45) is 1.98. The average molecular weight is 256 g/mol. The van der Waals surface area contributed by atoms with Crippen molar-refractivity contribution in [2.24, 2.45) is 0 Å². The quantitative estimate of drug-likeness (QED) is 0.510. The van der Waals surface area contributed by atoms with Crippen LogP contribution in [0.1, 0.15) is 5.56 Å². The van der Waals surface area contributed by atoms with E-state index in [2.05, 4.69) is 12.1 Å². The molecule has 0 fully saturated rings. The third kappa shape index (κ3) is 1.53. The highest BCUT2D eigenvalue weighted by atomic mass is 16.1. The average Bonchev–Trinajstić information content (AvgIpc) is 2.77. The van der Waals surface area contributed by atoms with E-state index in [0.29, 0.717) is 0 Å². The van der Waals surface area contributed by atoms with Crippen LogP contribution < -0.4 is 10.6 Å². The van der Waals surface area contributed by atoms with Gasteiger partial charge in [-0.15, -0.1) is 0 Å². The van der Waals surface area contributed by atoms with Gasteiger partial charge in [0, 0.05) is 16.0 Å². The molecule has 20 heavy (non-hydrogen) atoms. The predicted octanol–water partition coefficient (Wildman–Crippen LogP) is 3.34. The molecule has 4 rings (SSSR count). The zero-order valence-corrected chi connectivity index (χ0v) is 10.8. The molecule has 0 bridgehead atoms. The Labute approximate surface area is 116 Å². The molecule has 0 aliphatic rings. The molecular weight excluding hydrogens is 244 g/mol. The van der Waals surface area contributed by atoms with E-state index in [9.17, 15) is 4.79 Å². The first-order chi connectivity index (χ1) is 9.84. The topological polar surface area (TPSA) is 17.1 Å². The minimum atomic E-state index is 0.126. The van der Waals surface area contributed by atoms with Gasteiger partial charge >= 0.3 is 0 Å². The molecule has 0 aliphatic heterocycles. The van der Waals surface area contributed by atoms with Gasteiger partial charge in [-0.3, -0.25) is 4.79 Å². The Morgan fingerprint density at radius 3 is 2.15 bits per heavy atom. The third-order valence-corrected chi connectivity index (χ3v) is 3.79. The van der Waals surface area contributed by atoms with Crippen molar-refractivity contribution in [1.82, 2.24) is 0 Å². The maximum atomic E-state index is 12.6. The third-order valence-electron chi connectivity index (χ3n) is 3.79. The Bertz CT molecular complexity index is 995. The molecule has 94 valence electrons. The molecule has 0 radical (unpaired) electrons. The second-order valence-electron chi connectivity index (χ2n) is 5.01. The molecule has 0 N–H and O–H groups in total. The van der Waals surface area contributed by atoms with Gasteiger partial charge in [-0.1, -0.05) is 66.7 Å². The molecule has 0 unspecified atom stereocenters. The maximum Gasteiger partial charge on any atom is 0.194 e. The highest BCUT2D eigenvalue weighted by Crippen LogP contribution is 2.22.